The van der Waals surface area contributed by atoms with E-state index in [0.717, 1.165) is 18.4 Å². The van der Waals surface area contributed by atoms with Gasteiger partial charge in [-0.1, -0.05) is 64.0 Å². The van der Waals surface area contributed by atoms with E-state index in [0.29, 0.717) is 30.8 Å². The Morgan fingerprint density at radius 3 is 2.42 bits per heavy atom. The van der Waals surface area contributed by atoms with E-state index in [1.807, 2.05) is 57.2 Å². The van der Waals surface area contributed by atoms with E-state index in [1.54, 1.807) is 6.08 Å². The normalized spacial score (nSPS) is 27.7. The summed E-state index contributed by atoms with van der Waals surface area (Å²) < 4.78 is 17.8. The number of methoxy groups -OCH3 is 1. The van der Waals surface area contributed by atoms with Gasteiger partial charge in [-0.2, -0.15) is 0 Å². The van der Waals surface area contributed by atoms with Crippen LogP contribution in [-0.4, -0.2) is 30.0 Å². The number of carbonyl (C=O) groups is 2. The second-order valence-corrected chi connectivity index (χ2v) is 12.2. The Balaban J connectivity index is 2.02. The van der Waals surface area contributed by atoms with Crippen LogP contribution in [-0.2, 0) is 19.1 Å². The van der Waals surface area contributed by atoms with E-state index >= 15 is 0 Å². The summed E-state index contributed by atoms with van der Waals surface area (Å²) in [6.45, 7) is 12.6. The largest absolute Gasteiger partial charge is 0.500 e. The maximum Gasteiger partial charge on any atom is 0.358 e. The van der Waals surface area contributed by atoms with Crippen molar-refractivity contribution < 1.29 is 23.8 Å². The molecule has 6 heteroatoms. The molecule has 0 aromatic heterocycles. The molecule has 0 radical (unpaired) electrons. The molecular weight excluding hydrogens is 472 g/mol. The molecule has 1 aromatic rings. The third kappa shape index (κ3) is 5.91. The van der Waals surface area contributed by atoms with Crippen LogP contribution in [0.3, 0.4) is 0 Å². The van der Waals surface area contributed by atoms with Crippen molar-refractivity contribution in [3.63, 3.8) is 0 Å². The second kappa shape index (κ2) is 10.9. The van der Waals surface area contributed by atoms with Gasteiger partial charge in [0.05, 0.1) is 18.4 Å². The molecule has 0 aliphatic heterocycles. The number of hydrogen-bond donors (Lipinski definition) is 0. The lowest BCUT2D eigenvalue weighted by Gasteiger charge is -2.54. The maximum atomic E-state index is 14.1. The number of fused-ring (bicyclic) bond motifs is 2. The van der Waals surface area contributed by atoms with Crippen LogP contribution in [0.25, 0.3) is 0 Å². The quantitative estimate of drug-likeness (QED) is 0.212. The first-order valence-electron chi connectivity index (χ1n) is 12.7. The van der Waals surface area contributed by atoms with Crippen molar-refractivity contribution in [2.24, 2.45) is 22.2 Å². The lowest BCUT2D eigenvalue weighted by Crippen LogP contribution is -2.62. The number of ether oxygens (including phenoxy) is 3. The Bertz CT molecular complexity index is 1050. The van der Waals surface area contributed by atoms with Crippen LogP contribution in [0.2, 0.25) is 0 Å². The summed E-state index contributed by atoms with van der Waals surface area (Å²) in [4.78, 5) is 27.6. The fourth-order valence-corrected chi connectivity index (χ4v) is 5.77. The molecule has 3 rings (SSSR count). The zero-order valence-corrected chi connectivity index (χ0v) is 23.5. The number of Topliss-reactive ketones (excluding diaryl/α,β-unsaturated/α-hetero) is 1. The van der Waals surface area contributed by atoms with Crippen LogP contribution in [0.1, 0.15) is 73.6 Å². The van der Waals surface area contributed by atoms with Crippen LogP contribution in [0.5, 0.6) is 5.75 Å². The minimum Gasteiger partial charge on any atom is -0.500 e. The van der Waals surface area contributed by atoms with Gasteiger partial charge < -0.3 is 14.2 Å². The van der Waals surface area contributed by atoms with Crippen LogP contribution in [0.15, 0.2) is 53.8 Å². The number of allylic oxidation sites excluding steroid dienone is 4. The third-order valence-electron chi connectivity index (χ3n) is 7.60. The molecule has 0 saturated heterocycles. The number of para-hydroxylation sites is 1. The van der Waals surface area contributed by atoms with E-state index in [-0.39, 0.29) is 22.2 Å². The van der Waals surface area contributed by atoms with E-state index in [1.165, 1.54) is 7.11 Å². The Labute approximate surface area is 221 Å². The van der Waals surface area contributed by atoms with Crippen LogP contribution in [0, 0.1) is 22.2 Å². The van der Waals surface area contributed by atoms with Crippen LogP contribution >= 0.6 is 12.2 Å². The minimum atomic E-state index is -0.971. The number of rotatable bonds is 8. The standard InChI is InChI=1S/C30H40O5S/c1-20(2)14-17-30-19-24(35-27(36)34-21-12-9-8-10-13-21)29(6,16-11-15-28(3,4)5)25(26(30)32)22(31)18-23(30)33-7/h8-10,12-14,18,24-25H,11,15-17,19H2,1-7H3. The Hall–Kier alpha value is -2.47. The van der Waals surface area contributed by atoms with Gasteiger partial charge in [-0.3, -0.25) is 9.59 Å². The first-order valence-corrected chi connectivity index (χ1v) is 13.1. The van der Waals surface area contributed by atoms with Crippen molar-refractivity contribution in [2.75, 3.05) is 7.11 Å². The number of ketones is 2. The lowest BCUT2D eigenvalue weighted by atomic mass is 9.50. The Kier molecular flexibility index (Phi) is 8.49. The average molecular weight is 513 g/mol. The summed E-state index contributed by atoms with van der Waals surface area (Å²) in [6, 6.07) is 9.24. The zero-order chi connectivity index (χ0) is 26.7. The summed E-state index contributed by atoms with van der Waals surface area (Å²) in [5.74, 6) is -0.119. The van der Waals surface area contributed by atoms with Gasteiger partial charge in [-0.05, 0) is 50.7 Å². The summed E-state index contributed by atoms with van der Waals surface area (Å²) in [6.07, 6.45) is 6.40. The molecule has 0 spiro atoms. The van der Waals surface area contributed by atoms with Gasteiger partial charge >= 0.3 is 5.24 Å². The summed E-state index contributed by atoms with van der Waals surface area (Å²) in [7, 11) is 1.52. The average Bonchev–Trinajstić information content (AvgIpc) is 2.78. The Morgan fingerprint density at radius 2 is 1.83 bits per heavy atom. The van der Waals surface area contributed by atoms with Crippen LogP contribution < -0.4 is 4.74 Å². The van der Waals surface area contributed by atoms with E-state index in [9.17, 15) is 9.59 Å². The second-order valence-electron chi connectivity index (χ2n) is 11.9. The fourth-order valence-electron chi connectivity index (χ4n) is 5.56. The topological polar surface area (TPSA) is 61.8 Å². The maximum absolute atomic E-state index is 14.1. The van der Waals surface area contributed by atoms with E-state index < -0.39 is 22.9 Å². The van der Waals surface area contributed by atoms with Gasteiger partial charge in [-0.25, -0.2) is 0 Å². The van der Waals surface area contributed by atoms with Gasteiger partial charge in [0.25, 0.3) is 0 Å². The third-order valence-corrected chi connectivity index (χ3v) is 7.78. The molecule has 1 aromatic carbocycles. The molecule has 0 heterocycles. The van der Waals surface area contributed by atoms with Crippen molar-refractivity contribution in [1.29, 1.82) is 0 Å². The highest BCUT2D eigenvalue weighted by Crippen LogP contribution is 2.58. The first-order chi connectivity index (χ1) is 16.8. The van der Waals surface area contributed by atoms with Crippen molar-refractivity contribution in [1.82, 2.24) is 0 Å². The van der Waals surface area contributed by atoms with Crippen LogP contribution in [0.4, 0.5) is 0 Å². The van der Waals surface area contributed by atoms with Gasteiger partial charge in [0.15, 0.2) is 11.6 Å². The molecule has 0 amide bonds. The van der Waals surface area contributed by atoms with Crippen molar-refractivity contribution in [3.8, 4) is 5.75 Å². The lowest BCUT2D eigenvalue weighted by molar-refractivity contribution is -0.163. The smallest absolute Gasteiger partial charge is 0.358 e. The zero-order valence-electron chi connectivity index (χ0n) is 22.7. The molecular formula is C30H40O5S. The molecule has 5 nitrogen and oxygen atoms in total. The predicted molar refractivity (Wildman–Crippen MR) is 146 cm³/mol. The monoisotopic (exact) mass is 512 g/mol. The molecule has 4 unspecified atom stereocenters. The molecule has 196 valence electrons. The summed E-state index contributed by atoms with van der Waals surface area (Å²) in [5, 5.41) is -0.00608. The first kappa shape index (κ1) is 28.1. The minimum absolute atomic E-state index is 0.00608. The van der Waals surface area contributed by atoms with Crippen molar-refractivity contribution in [3.05, 3.63) is 53.8 Å². The molecule has 4 atom stereocenters. The van der Waals surface area contributed by atoms with Gasteiger partial charge in [0, 0.05) is 30.1 Å². The predicted octanol–water partition coefficient (Wildman–Crippen LogP) is 7.00. The number of carbonyl (C=O) groups excluding carboxylic acids is 2. The van der Waals surface area contributed by atoms with Gasteiger partial charge in [-0.15, -0.1) is 0 Å². The fraction of sp³-hybridized carbons (Fsp3) is 0.567. The molecule has 0 N–H and O–H groups in total. The highest BCUT2D eigenvalue weighted by Gasteiger charge is 2.64. The SMILES string of the molecule is COC1=CC(=O)C2C(=O)C1(CC=C(C)C)CC(OC(=S)Oc1ccccc1)C2(C)CCCC(C)(C)C. The highest BCUT2D eigenvalue weighted by atomic mass is 32.1. The van der Waals surface area contributed by atoms with Crippen molar-refractivity contribution in [2.45, 2.75) is 79.8 Å². The van der Waals surface area contributed by atoms with Gasteiger partial charge in [0.2, 0.25) is 0 Å². The molecule has 2 aliphatic carbocycles. The molecule has 2 bridgehead atoms. The Morgan fingerprint density at radius 1 is 1.17 bits per heavy atom. The molecule has 1 saturated carbocycles. The number of thiocarbonyl (C=S) groups is 1. The molecule has 2 aliphatic rings. The van der Waals surface area contributed by atoms with Gasteiger partial charge in [0.1, 0.15) is 17.6 Å². The van der Waals surface area contributed by atoms with E-state index in [4.69, 9.17) is 26.4 Å². The number of benzene rings is 1. The number of hydrogen-bond acceptors (Lipinski definition) is 6. The molecule has 1 fully saturated rings. The highest BCUT2D eigenvalue weighted by molar-refractivity contribution is 7.79. The van der Waals surface area contributed by atoms with E-state index in [2.05, 4.69) is 20.8 Å². The summed E-state index contributed by atoms with van der Waals surface area (Å²) >= 11 is 5.51. The molecule has 36 heavy (non-hydrogen) atoms. The summed E-state index contributed by atoms with van der Waals surface area (Å²) in [5.41, 5.74) is -0.459. The van der Waals surface area contributed by atoms with Crippen molar-refractivity contribution >= 4 is 29.0 Å².